The van der Waals surface area contributed by atoms with Gasteiger partial charge in [0.1, 0.15) is 0 Å². The van der Waals surface area contributed by atoms with Crippen LogP contribution in [0.1, 0.15) is 5.69 Å². The van der Waals surface area contributed by atoms with Crippen molar-refractivity contribution in [1.29, 1.82) is 0 Å². The van der Waals surface area contributed by atoms with Crippen LogP contribution in [0.25, 0.3) is 0 Å². The molecule has 18 heavy (non-hydrogen) atoms. The zero-order chi connectivity index (χ0) is 13.0. The van der Waals surface area contributed by atoms with Gasteiger partial charge in [0.05, 0.1) is 24.0 Å². The summed E-state index contributed by atoms with van der Waals surface area (Å²) in [5, 5.41) is 5.18. The maximum atomic E-state index is 11.0. The summed E-state index contributed by atoms with van der Waals surface area (Å²) in [7, 11) is -3.22. The van der Waals surface area contributed by atoms with Gasteiger partial charge in [-0.1, -0.05) is 0 Å². The van der Waals surface area contributed by atoms with E-state index in [0.29, 0.717) is 12.2 Å². The van der Waals surface area contributed by atoms with Gasteiger partial charge in [-0.25, -0.2) is 13.4 Å². The van der Waals surface area contributed by atoms with Gasteiger partial charge in [0, 0.05) is 16.8 Å². The predicted molar refractivity (Wildman–Crippen MR) is 74.3 cm³/mol. The van der Waals surface area contributed by atoms with Crippen LogP contribution >= 0.6 is 11.3 Å². The van der Waals surface area contributed by atoms with Crippen LogP contribution in [0, 0.1) is 0 Å². The van der Waals surface area contributed by atoms with Gasteiger partial charge in [-0.2, -0.15) is 0 Å². The number of aromatic nitrogens is 1. The van der Waals surface area contributed by atoms with Crippen LogP contribution in [-0.2, 0) is 16.6 Å². The number of benzene rings is 1. The summed E-state index contributed by atoms with van der Waals surface area (Å²) in [5.74, 6) is 0. The molecule has 0 spiro atoms. The Morgan fingerprint density at radius 2 is 1.89 bits per heavy atom. The standard InChI is InChI=1S/C11H13N3O2S2/c1-18(15,16)14-10-4-2-9(3-5-10)12-6-11-7-17-8-13-11/h2-5,7-8,12,14H,6H2,1H3. The van der Waals surface area contributed by atoms with Gasteiger partial charge >= 0.3 is 0 Å². The van der Waals surface area contributed by atoms with Crippen LogP contribution in [-0.4, -0.2) is 19.7 Å². The van der Waals surface area contributed by atoms with E-state index in [0.717, 1.165) is 17.6 Å². The molecule has 1 heterocycles. The second kappa shape index (κ2) is 5.36. The Hall–Kier alpha value is -1.60. The molecule has 0 amide bonds. The van der Waals surface area contributed by atoms with Crippen LogP contribution in [0.15, 0.2) is 35.2 Å². The minimum Gasteiger partial charge on any atom is -0.379 e. The Morgan fingerprint density at radius 1 is 1.22 bits per heavy atom. The third-order valence-electron chi connectivity index (χ3n) is 2.15. The quantitative estimate of drug-likeness (QED) is 0.882. The van der Waals surface area contributed by atoms with Crippen LogP contribution in [0.5, 0.6) is 0 Å². The van der Waals surface area contributed by atoms with E-state index in [1.807, 2.05) is 17.5 Å². The molecule has 0 saturated carbocycles. The zero-order valence-corrected chi connectivity index (χ0v) is 11.4. The summed E-state index contributed by atoms with van der Waals surface area (Å²) >= 11 is 1.56. The number of thiazole rings is 1. The highest BCUT2D eigenvalue weighted by molar-refractivity contribution is 7.92. The van der Waals surface area contributed by atoms with Crippen molar-refractivity contribution in [3.63, 3.8) is 0 Å². The molecular formula is C11H13N3O2S2. The van der Waals surface area contributed by atoms with E-state index >= 15 is 0 Å². The highest BCUT2D eigenvalue weighted by Crippen LogP contribution is 2.15. The molecular weight excluding hydrogens is 270 g/mol. The highest BCUT2D eigenvalue weighted by atomic mass is 32.2. The monoisotopic (exact) mass is 283 g/mol. The number of hydrogen-bond donors (Lipinski definition) is 2. The van der Waals surface area contributed by atoms with Gasteiger partial charge in [-0.15, -0.1) is 11.3 Å². The summed E-state index contributed by atoms with van der Waals surface area (Å²) in [6, 6.07) is 7.06. The SMILES string of the molecule is CS(=O)(=O)Nc1ccc(NCc2cscn2)cc1. The van der Waals surface area contributed by atoms with Gasteiger partial charge in [0.2, 0.25) is 10.0 Å². The van der Waals surface area contributed by atoms with E-state index in [2.05, 4.69) is 15.0 Å². The van der Waals surface area contributed by atoms with Crippen molar-refractivity contribution >= 4 is 32.7 Å². The Balaban J connectivity index is 1.95. The van der Waals surface area contributed by atoms with E-state index < -0.39 is 10.0 Å². The molecule has 0 bridgehead atoms. The molecule has 1 aromatic heterocycles. The summed E-state index contributed by atoms with van der Waals surface area (Å²) < 4.78 is 24.5. The first-order valence-electron chi connectivity index (χ1n) is 5.22. The van der Waals surface area contributed by atoms with Crippen molar-refractivity contribution in [1.82, 2.24) is 4.98 Å². The molecule has 0 radical (unpaired) electrons. The van der Waals surface area contributed by atoms with E-state index in [-0.39, 0.29) is 0 Å². The number of hydrogen-bond acceptors (Lipinski definition) is 5. The third kappa shape index (κ3) is 4.01. The number of sulfonamides is 1. The first-order valence-corrected chi connectivity index (χ1v) is 8.05. The lowest BCUT2D eigenvalue weighted by molar-refractivity contribution is 0.607. The summed E-state index contributed by atoms with van der Waals surface area (Å²) in [6.45, 7) is 0.655. The molecule has 5 nitrogen and oxygen atoms in total. The lowest BCUT2D eigenvalue weighted by atomic mass is 10.3. The second-order valence-corrected chi connectivity index (χ2v) is 6.25. The van der Waals surface area contributed by atoms with Crippen molar-refractivity contribution in [3.05, 3.63) is 40.8 Å². The van der Waals surface area contributed by atoms with Gasteiger partial charge in [0.15, 0.2) is 0 Å². The molecule has 0 aliphatic heterocycles. The minimum absolute atomic E-state index is 0.553. The van der Waals surface area contributed by atoms with Crippen LogP contribution in [0.2, 0.25) is 0 Å². The smallest absolute Gasteiger partial charge is 0.229 e. The fourth-order valence-electron chi connectivity index (χ4n) is 1.39. The zero-order valence-electron chi connectivity index (χ0n) is 9.75. The topological polar surface area (TPSA) is 71.1 Å². The maximum Gasteiger partial charge on any atom is 0.229 e. The molecule has 7 heteroatoms. The van der Waals surface area contributed by atoms with Crippen molar-refractivity contribution in [2.45, 2.75) is 6.54 Å². The fraction of sp³-hybridized carbons (Fsp3) is 0.182. The molecule has 0 fully saturated rings. The van der Waals surface area contributed by atoms with Crippen LogP contribution in [0.3, 0.4) is 0 Å². The van der Waals surface area contributed by atoms with Gasteiger partial charge in [0.25, 0.3) is 0 Å². The second-order valence-electron chi connectivity index (χ2n) is 3.78. The Kier molecular flexibility index (Phi) is 3.83. The third-order valence-corrected chi connectivity index (χ3v) is 3.39. The summed E-state index contributed by atoms with van der Waals surface area (Å²) in [4.78, 5) is 4.16. The highest BCUT2D eigenvalue weighted by Gasteiger charge is 2.01. The Morgan fingerprint density at radius 3 is 2.44 bits per heavy atom. The predicted octanol–water partition coefficient (Wildman–Crippen LogP) is 2.13. The van der Waals surface area contributed by atoms with Gasteiger partial charge in [-0.05, 0) is 24.3 Å². The summed E-state index contributed by atoms with van der Waals surface area (Å²) in [5.41, 5.74) is 4.24. The molecule has 2 aromatic rings. The van der Waals surface area contributed by atoms with E-state index in [9.17, 15) is 8.42 Å². The van der Waals surface area contributed by atoms with Gasteiger partial charge < -0.3 is 5.32 Å². The average Bonchev–Trinajstić information content (AvgIpc) is 2.79. The minimum atomic E-state index is -3.22. The van der Waals surface area contributed by atoms with E-state index in [1.54, 1.807) is 29.0 Å². The van der Waals surface area contributed by atoms with Crippen LogP contribution in [0.4, 0.5) is 11.4 Å². The molecule has 1 aromatic carbocycles. The van der Waals surface area contributed by atoms with Crippen LogP contribution < -0.4 is 10.0 Å². The maximum absolute atomic E-state index is 11.0. The normalized spacial score (nSPS) is 11.2. The number of rotatable bonds is 5. The molecule has 2 rings (SSSR count). The number of nitrogens with one attached hydrogen (secondary N) is 2. The van der Waals surface area contributed by atoms with E-state index in [4.69, 9.17) is 0 Å². The Labute approximate surface area is 110 Å². The fourth-order valence-corrected chi connectivity index (χ4v) is 2.51. The average molecular weight is 283 g/mol. The van der Waals surface area contributed by atoms with Crippen molar-refractivity contribution in [2.75, 3.05) is 16.3 Å². The largest absolute Gasteiger partial charge is 0.379 e. The molecule has 0 aliphatic rings. The first-order chi connectivity index (χ1) is 8.53. The lowest BCUT2D eigenvalue weighted by Crippen LogP contribution is -2.09. The molecule has 0 unspecified atom stereocenters. The number of nitrogens with zero attached hydrogens (tertiary/aromatic N) is 1. The van der Waals surface area contributed by atoms with Crippen molar-refractivity contribution in [3.8, 4) is 0 Å². The van der Waals surface area contributed by atoms with Crippen molar-refractivity contribution in [2.24, 2.45) is 0 Å². The molecule has 0 aliphatic carbocycles. The molecule has 0 atom stereocenters. The lowest BCUT2D eigenvalue weighted by Gasteiger charge is -2.07. The first kappa shape index (κ1) is 12.8. The molecule has 96 valence electrons. The Bertz CT molecular complexity index is 592. The van der Waals surface area contributed by atoms with Crippen molar-refractivity contribution < 1.29 is 8.42 Å². The number of anilines is 2. The van der Waals surface area contributed by atoms with Gasteiger partial charge in [-0.3, -0.25) is 4.72 Å². The molecule has 2 N–H and O–H groups in total. The summed E-state index contributed by atoms with van der Waals surface area (Å²) in [6.07, 6.45) is 1.13. The van der Waals surface area contributed by atoms with E-state index in [1.165, 1.54) is 0 Å². The molecule has 0 saturated heterocycles.